The molecule has 34 heavy (non-hydrogen) atoms. The van der Waals surface area contributed by atoms with E-state index in [-0.39, 0.29) is 5.91 Å². The van der Waals surface area contributed by atoms with Crippen LogP contribution in [0.2, 0.25) is 0 Å². The zero-order valence-electron chi connectivity index (χ0n) is 18.6. The van der Waals surface area contributed by atoms with Gasteiger partial charge >= 0.3 is 0 Å². The van der Waals surface area contributed by atoms with Crippen LogP contribution in [-0.4, -0.2) is 24.1 Å². The van der Waals surface area contributed by atoms with Crippen LogP contribution in [0.25, 0.3) is 4.85 Å². The number of methoxy groups -OCH3 is 1. The van der Waals surface area contributed by atoms with Crippen molar-refractivity contribution in [2.75, 3.05) is 12.4 Å². The number of thioether (sulfide) groups is 1. The fraction of sp³-hybridized carbons (Fsp3) is 0.192. The van der Waals surface area contributed by atoms with Crippen molar-refractivity contribution in [3.05, 3.63) is 104 Å². The third-order valence-electron chi connectivity index (χ3n) is 5.42. The summed E-state index contributed by atoms with van der Waals surface area (Å²) < 4.78 is 6.35. The van der Waals surface area contributed by atoms with E-state index in [4.69, 9.17) is 16.3 Å². The van der Waals surface area contributed by atoms with E-state index in [2.05, 4.69) is 38.2 Å². The Labute approximate surface area is 215 Å². The molecule has 1 amide bonds. The number of thiophene rings is 1. The topological polar surface area (TPSA) is 55.0 Å². The van der Waals surface area contributed by atoms with Gasteiger partial charge in [0.1, 0.15) is 11.7 Å². The number of hydrogen-bond donors (Lipinski definition) is 1. The molecule has 0 fully saturated rings. The third kappa shape index (κ3) is 5.27. The number of allylic oxidation sites excluding steroid dienone is 1. The predicted molar refractivity (Wildman–Crippen MR) is 145 cm³/mol. The molecule has 1 aliphatic rings. The Bertz CT molecular complexity index is 1290. The molecular formula is C26H22BrN3O2S2. The molecule has 0 aliphatic carbocycles. The van der Waals surface area contributed by atoms with E-state index in [0.29, 0.717) is 28.5 Å². The van der Waals surface area contributed by atoms with Crippen molar-refractivity contribution in [1.82, 2.24) is 0 Å². The molecule has 0 saturated heterocycles. The first-order valence-corrected chi connectivity index (χ1v) is 13.1. The van der Waals surface area contributed by atoms with Gasteiger partial charge in [-0.05, 0) is 52.7 Å². The molecule has 0 saturated carbocycles. The highest BCUT2D eigenvalue weighted by molar-refractivity contribution is 9.11. The van der Waals surface area contributed by atoms with Gasteiger partial charge in [0.2, 0.25) is 0 Å². The van der Waals surface area contributed by atoms with E-state index in [1.54, 1.807) is 31.0 Å². The summed E-state index contributed by atoms with van der Waals surface area (Å²) in [5.74, 6) is 0.590. The minimum atomic E-state index is -0.582. The van der Waals surface area contributed by atoms with Crippen LogP contribution in [0.3, 0.4) is 0 Å². The monoisotopic (exact) mass is 551 g/mol. The number of hydrogen-bond acceptors (Lipinski definition) is 5. The zero-order valence-corrected chi connectivity index (χ0v) is 21.8. The Morgan fingerprint density at radius 1 is 1.18 bits per heavy atom. The summed E-state index contributed by atoms with van der Waals surface area (Å²) in [7, 11) is 1.57. The number of halogens is 1. The number of aliphatic imine (C=N–C) groups is 1. The van der Waals surface area contributed by atoms with Gasteiger partial charge in [0.15, 0.2) is 5.04 Å². The number of nitrogens with one attached hydrogen (secondary N) is 1. The molecule has 2 unspecified atom stereocenters. The van der Waals surface area contributed by atoms with Crippen molar-refractivity contribution in [1.29, 1.82) is 0 Å². The molecule has 0 bridgehead atoms. The summed E-state index contributed by atoms with van der Waals surface area (Å²) >= 11 is 6.63. The second-order valence-electron chi connectivity index (χ2n) is 7.57. The summed E-state index contributed by atoms with van der Waals surface area (Å²) in [4.78, 5) is 23.3. The van der Waals surface area contributed by atoms with E-state index >= 15 is 0 Å². The molecule has 1 aliphatic heterocycles. The van der Waals surface area contributed by atoms with Gasteiger partial charge in [0.25, 0.3) is 11.9 Å². The summed E-state index contributed by atoms with van der Waals surface area (Å²) in [6, 6.07) is 20.7. The van der Waals surface area contributed by atoms with Gasteiger partial charge < -0.3 is 14.9 Å². The molecular weight excluding hydrogens is 530 g/mol. The lowest BCUT2D eigenvalue weighted by atomic mass is 9.86. The van der Waals surface area contributed by atoms with Gasteiger partial charge in [0.05, 0.1) is 22.2 Å². The number of amides is 1. The minimum absolute atomic E-state index is 0.277. The van der Waals surface area contributed by atoms with Crippen LogP contribution in [0.15, 0.2) is 86.8 Å². The van der Waals surface area contributed by atoms with Crippen molar-refractivity contribution in [3.8, 4) is 5.75 Å². The quantitative estimate of drug-likeness (QED) is 0.331. The van der Waals surface area contributed by atoms with Crippen LogP contribution < -0.4 is 10.1 Å². The number of carbonyl (C=O) groups excluding carboxylic acids is 1. The first-order valence-electron chi connectivity index (χ1n) is 10.5. The third-order valence-corrected chi connectivity index (χ3v) is 8.23. The SMILES string of the molecule is [C-]#[N+]C1C(SCc2ccccc2)=NC(C)=C(C(=O)Nc2ccccc2OC)C1c1ccc(Br)s1. The van der Waals surface area contributed by atoms with Crippen molar-refractivity contribution in [3.63, 3.8) is 0 Å². The van der Waals surface area contributed by atoms with Crippen molar-refractivity contribution in [2.45, 2.75) is 24.6 Å². The lowest BCUT2D eigenvalue weighted by molar-refractivity contribution is -0.113. The normalized spacial score (nSPS) is 17.6. The summed E-state index contributed by atoms with van der Waals surface area (Å²) in [6.07, 6.45) is 0. The zero-order chi connectivity index (χ0) is 24.1. The van der Waals surface area contributed by atoms with Gasteiger partial charge in [-0.25, -0.2) is 11.6 Å². The molecule has 0 spiro atoms. The van der Waals surface area contributed by atoms with Crippen molar-refractivity contribution < 1.29 is 9.53 Å². The molecule has 172 valence electrons. The number of rotatable bonds is 6. The van der Waals surface area contributed by atoms with Crippen LogP contribution in [-0.2, 0) is 10.5 Å². The Morgan fingerprint density at radius 2 is 1.91 bits per heavy atom. The Kier molecular flexibility index (Phi) is 7.88. The maximum Gasteiger partial charge on any atom is 0.282 e. The number of benzene rings is 2. The molecule has 2 heterocycles. The van der Waals surface area contributed by atoms with E-state index in [9.17, 15) is 4.79 Å². The standard InChI is InChI=1S/C26H22BrN3O2S2/c1-16-22(25(31)30-18-11-7-8-12-19(18)32-3)23(20-13-14-21(27)34-20)24(28-2)26(29-16)33-15-17-9-5-4-6-10-17/h4-14,23-24H,15H2,1,3H3,(H,30,31). The Morgan fingerprint density at radius 3 is 2.59 bits per heavy atom. The second kappa shape index (κ2) is 11.0. The number of para-hydroxylation sites is 2. The van der Waals surface area contributed by atoms with E-state index in [0.717, 1.165) is 19.3 Å². The second-order valence-corrected chi connectivity index (χ2v) is 11.1. The largest absolute Gasteiger partial charge is 0.495 e. The maximum atomic E-state index is 13.6. The molecule has 2 atom stereocenters. The number of ether oxygens (including phenoxy) is 1. The molecule has 5 nitrogen and oxygen atoms in total. The summed E-state index contributed by atoms with van der Waals surface area (Å²) in [5, 5.41) is 3.71. The van der Waals surface area contributed by atoms with E-state index < -0.39 is 12.0 Å². The molecule has 3 aromatic rings. The molecule has 8 heteroatoms. The van der Waals surface area contributed by atoms with Gasteiger partial charge in [0, 0.05) is 16.3 Å². The first kappa shape index (κ1) is 24.3. The highest BCUT2D eigenvalue weighted by atomic mass is 79.9. The fourth-order valence-electron chi connectivity index (χ4n) is 3.83. The molecule has 4 rings (SSSR count). The fourth-order valence-corrected chi connectivity index (χ4v) is 6.46. The van der Waals surface area contributed by atoms with Crippen LogP contribution in [0.1, 0.15) is 23.3 Å². The highest BCUT2D eigenvalue weighted by Gasteiger charge is 2.43. The molecule has 1 aromatic heterocycles. The average molecular weight is 553 g/mol. The van der Waals surface area contributed by atoms with E-state index in [1.165, 1.54) is 11.3 Å². The van der Waals surface area contributed by atoms with Crippen molar-refractivity contribution >= 4 is 55.7 Å². The highest BCUT2D eigenvalue weighted by Crippen LogP contribution is 2.43. The van der Waals surface area contributed by atoms with Crippen LogP contribution in [0, 0.1) is 6.57 Å². The Hall–Kier alpha value is -2.86. The van der Waals surface area contributed by atoms with Gasteiger partial charge in [-0.1, -0.05) is 54.2 Å². The number of anilines is 1. The van der Waals surface area contributed by atoms with Gasteiger partial charge in [-0.3, -0.25) is 4.79 Å². The molecule has 0 radical (unpaired) electrons. The summed E-state index contributed by atoms with van der Waals surface area (Å²) in [6.45, 7) is 9.87. The Balaban J connectivity index is 1.72. The van der Waals surface area contributed by atoms with Gasteiger partial charge in [-0.15, -0.1) is 11.3 Å². The summed E-state index contributed by atoms with van der Waals surface area (Å²) in [5.41, 5.74) is 2.87. The lowest BCUT2D eigenvalue weighted by Gasteiger charge is -2.26. The smallest absolute Gasteiger partial charge is 0.282 e. The molecule has 2 aromatic carbocycles. The van der Waals surface area contributed by atoms with E-state index in [1.807, 2.05) is 49.4 Å². The maximum absolute atomic E-state index is 13.6. The van der Waals surface area contributed by atoms with Gasteiger partial charge in [-0.2, -0.15) is 0 Å². The molecule has 1 N–H and O–H groups in total. The van der Waals surface area contributed by atoms with Crippen molar-refractivity contribution in [2.24, 2.45) is 4.99 Å². The lowest BCUT2D eigenvalue weighted by Crippen LogP contribution is -2.33. The van der Waals surface area contributed by atoms with Crippen LogP contribution >= 0.6 is 39.0 Å². The van der Waals surface area contributed by atoms with Crippen LogP contribution in [0.4, 0.5) is 5.69 Å². The number of nitrogens with zero attached hydrogens (tertiary/aromatic N) is 2. The predicted octanol–water partition coefficient (Wildman–Crippen LogP) is 7.15. The minimum Gasteiger partial charge on any atom is -0.495 e. The average Bonchev–Trinajstić information content (AvgIpc) is 3.29. The number of carbonyl (C=O) groups is 1. The van der Waals surface area contributed by atoms with Crippen LogP contribution in [0.5, 0.6) is 5.75 Å². The first-order chi connectivity index (χ1) is 16.5.